The number of aliphatic hydroxyl groups excluding tert-OH is 1. The van der Waals surface area contributed by atoms with E-state index in [-0.39, 0.29) is 25.7 Å². The van der Waals surface area contributed by atoms with Crippen molar-refractivity contribution in [2.24, 2.45) is 23.7 Å². The summed E-state index contributed by atoms with van der Waals surface area (Å²) >= 11 is 0. The Morgan fingerprint density at radius 3 is 0.628 bits per heavy atom. The lowest BCUT2D eigenvalue weighted by molar-refractivity contribution is -0.161. The number of hydrogen-bond donors (Lipinski definition) is 3. The molecule has 0 fully saturated rings. The highest BCUT2D eigenvalue weighted by molar-refractivity contribution is 7.47. The van der Waals surface area contributed by atoms with Gasteiger partial charge >= 0.3 is 39.5 Å². The van der Waals surface area contributed by atoms with Crippen molar-refractivity contribution < 1.29 is 80.2 Å². The molecule has 17 nitrogen and oxygen atoms in total. The molecule has 0 aromatic rings. The SMILES string of the molecule is CCC(C)CCCCCCCCCCCCCCCCCCCCC(=O)O[C@H](COC(=O)CCCCCCCCCCCCCCCCCCCCC(C)C)COP(=O)(O)OC[C@@H](O)COP(=O)(O)OC[C@@H](COC(=O)CCCCCCCCCCC(C)C)OC(=O)CCCCCCCCCCCCCCCCCCC(C)C. The predicted octanol–water partition coefficient (Wildman–Crippen LogP) is 29.1. The second-order valence-electron chi connectivity index (χ2n) is 35.4. The van der Waals surface area contributed by atoms with Crippen molar-refractivity contribution >= 4 is 39.5 Å². The molecule has 0 bridgehead atoms. The van der Waals surface area contributed by atoms with Crippen LogP contribution in [0.15, 0.2) is 0 Å². The number of aliphatic hydroxyl groups is 1. The first-order valence-corrected chi connectivity index (χ1v) is 51.2. The summed E-state index contributed by atoms with van der Waals surface area (Å²) in [6.07, 6.45) is 75.1. The molecule has 0 aliphatic carbocycles. The first-order chi connectivity index (χ1) is 54.6. The Morgan fingerprint density at radius 1 is 0.248 bits per heavy atom. The molecule has 0 aromatic heterocycles. The van der Waals surface area contributed by atoms with E-state index in [2.05, 4.69) is 55.4 Å². The number of esters is 4. The summed E-state index contributed by atoms with van der Waals surface area (Å²) in [5, 5.41) is 10.7. The molecule has 0 aromatic carbocycles. The largest absolute Gasteiger partial charge is 0.472 e. The summed E-state index contributed by atoms with van der Waals surface area (Å²) in [5.74, 6) is 1.13. The van der Waals surface area contributed by atoms with E-state index in [0.717, 1.165) is 114 Å². The second kappa shape index (κ2) is 82.4. The quantitative estimate of drug-likeness (QED) is 0.0222. The molecule has 113 heavy (non-hydrogen) atoms. The maximum Gasteiger partial charge on any atom is 0.472 e. The van der Waals surface area contributed by atoms with Gasteiger partial charge in [-0.05, 0) is 49.4 Å². The Balaban J connectivity index is 5.23. The van der Waals surface area contributed by atoms with Crippen LogP contribution < -0.4 is 0 Å². The summed E-state index contributed by atoms with van der Waals surface area (Å²) in [5.41, 5.74) is 0. The van der Waals surface area contributed by atoms with E-state index in [1.54, 1.807) is 0 Å². The van der Waals surface area contributed by atoms with E-state index in [0.29, 0.717) is 25.7 Å². The van der Waals surface area contributed by atoms with Crippen LogP contribution in [-0.4, -0.2) is 96.7 Å². The minimum Gasteiger partial charge on any atom is -0.462 e. The van der Waals surface area contributed by atoms with Gasteiger partial charge in [-0.1, -0.05) is 447 Å². The first kappa shape index (κ1) is 111. The van der Waals surface area contributed by atoms with Gasteiger partial charge in [-0.2, -0.15) is 0 Å². The van der Waals surface area contributed by atoms with Gasteiger partial charge in [-0.25, -0.2) is 9.13 Å². The molecular weight excluding hydrogens is 1460 g/mol. The van der Waals surface area contributed by atoms with E-state index in [1.165, 1.54) is 302 Å². The molecule has 0 heterocycles. The van der Waals surface area contributed by atoms with Crippen LogP contribution in [0.2, 0.25) is 0 Å². The number of phosphoric ester groups is 2. The summed E-state index contributed by atoms with van der Waals surface area (Å²) < 4.78 is 69.1. The van der Waals surface area contributed by atoms with Crippen LogP contribution in [0.25, 0.3) is 0 Å². The van der Waals surface area contributed by atoms with Crippen molar-refractivity contribution in [2.75, 3.05) is 39.6 Å². The maximum absolute atomic E-state index is 13.2. The van der Waals surface area contributed by atoms with Crippen molar-refractivity contribution in [3.8, 4) is 0 Å². The summed E-state index contributed by atoms with van der Waals surface area (Å²) in [7, 11) is -9.94. The molecule has 0 aliphatic heterocycles. The predicted molar refractivity (Wildman–Crippen MR) is 469 cm³/mol. The third-order valence-electron chi connectivity index (χ3n) is 22.4. The van der Waals surface area contributed by atoms with Gasteiger partial charge in [0.2, 0.25) is 0 Å². The van der Waals surface area contributed by atoms with Gasteiger partial charge < -0.3 is 33.8 Å². The van der Waals surface area contributed by atoms with Crippen molar-refractivity contribution in [3.05, 3.63) is 0 Å². The number of phosphoric acid groups is 2. The molecule has 3 N–H and O–H groups in total. The Bertz CT molecular complexity index is 2180. The zero-order valence-corrected chi connectivity index (χ0v) is 76.8. The lowest BCUT2D eigenvalue weighted by atomic mass is 9.99. The molecule has 0 rings (SSSR count). The van der Waals surface area contributed by atoms with Gasteiger partial charge in [0.15, 0.2) is 12.2 Å². The van der Waals surface area contributed by atoms with Gasteiger partial charge in [0.05, 0.1) is 26.4 Å². The Hall–Kier alpha value is -1.94. The smallest absolute Gasteiger partial charge is 0.462 e. The Kier molecular flexibility index (Phi) is 81.0. The molecular formula is C94H184O17P2. The van der Waals surface area contributed by atoms with E-state index in [1.807, 2.05) is 0 Å². The molecule has 0 radical (unpaired) electrons. The summed E-state index contributed by atoms with van der Waals surface area (Å²) in [6, 6.07) is 0. The van der Waals surface area contributed by atoms with Crippen molar-refractivity contribution in [3.63, 3.8) is 0 Å². The normalized spacial score (nSPS) is 14.0. The number of ether oxygens (including phenoxy) is 4. The summed E-state index contributed by atoms with van der Waals surface area (Å²) in [6.45, 7) is 14.4. The van der Waals surface area contributed by atoms with Crippen molar-refractivity contribution in [2.45, 2.75) is 517 Å². The second-order valence-corrected chi connectivity index (χ2v) is 38.3. The zero-order chi connectivity index (χ0) is 83.0. The molecule has 672 valence electrons. The van der Waals surface area contributed by atoms with E-state index in [4.69, 9.17) is 37.0 Å². The number of carbonyl (C=O) groups is 4. The van der Waals surface area contributed by atoms with Crippen LogP contribution in [0.3, 0.4) is 0 Å². The highest BCUT2D eigenvalue weighted by Crippen LogP contribution is 2.45. The van der Waals surface area contributed by atoms with Gasteiger partial charge in [0, 0.05) is 25.7 Å². The maximum atomic E-state index is 13.2. The fraction of sp³-hybridized carbons (Fsp3) is 0.957. The van der Waals surface area contributed by atoms with Crippen LogP contribution in [0.1, 0.15) is 498 Å². The lowest BCUT2D eigenvalue weighted by Gasteiger charge is -2.21. The molecule has 0 spiro atoms. The average Bonchev–Trinajstić information content (AvgIpc) is 0.899. The fourth-order valence-corrected chi connectivity index (χ4v) is 16.3. The summed E-state index contributed by atoms with van der Waals surface area (Å²) in [4.78, 5) is 73.5. The number of rotatable bonds is 91. The monoisotopic (exact) mass is 1650 g/mol. The van der Waals surface area contributed by atoms with Crippen LogP contribution in [0, 0.1) is 23.7 Å². The third-order valence-corrected chi connectivity index (χ3v) is 24.3. The van der Waals surface area contributed by atoms with Gasteiger partial charge in [0.25, 0.3) is 0 Å². The average molecular weight is 1650 g/mol. The molecule has 6 atom stereocenters. The van der Waals surface area contributed by atoms with Crippen LogP contribution in [0.4, 0.5) is 0 Å². The topological polar surface area (TPSA) is 237 Å². The minimum atomic E-state index is -4.97. The molecule has 0 aliphatic rings. The molecule has 0 saturated carbocycles. The molecule has 0 saturated heterocycles. The highest BCUT2D eigenvalue weighted by atomic mass is 31.2. The van der Waals surface area contributed by atoms with Crippen LogP contribution in [0.5, 0.6) is 0 Å². The van der Waals surface area contributed by atoms with Crippen LogP contribution in [-0.2, 0) is 65.4 Å². The van der Waals surface area contributed by atoms with Gasteiger partial charge in [-0.15, -0.1) is 0 Å². The van der Waals surface area contributed by atoms with Gasteiger partial charge in [0.1, 0.15) is 19.3 Å². The minimum absolute atomic E-state index is 0.107. The van der Waals surface area contributed by atoms with E-state index in [9.17, 15) is 43.2 Å². The highest BCUT2D eigenvalue weighted by Gasteiger charge is 2.31. The Morgan fingerprint density at radius 2 is 0.425 bits per heavy atom. The number of hydrogen-bond acceptors (Lipinski definition) is 15. The zero-order valence-electron chi connectivity index (χ0n) is 75.0. The number of carbonyl (C=O) groups excluding carboxylic acids is 4. The molecule has 0 amide bonds. The van der Waals surface area contributed by atoms with Crippen molar-refractivity contribution in [1.29, 1.82) is 0 Å². The molecule has 19 heteroatoms. The van der Waals surface area contributed by atoms with E-state index >= 15 is 0 Å². The Labute approximate surface area is 696 Å². The first-order valence-electron chi connectivity index (χ1n) is 48.2. The molecule has 3 unspecified atom stereocenters. The van der Waals surface area contributed by atoms with E-state index < -0.39 is 97.5 Å². The van der Waals surface area contributed by atoms with Crippen LogP contribution >= 0.6 is 15.6 Å². The van der Waals surface area contributed by atoms with Crippen molar-refractivity contribution in [1.82, 2.24) is 0 Å². The van der Waals surface area contributed by atoms with Gasteiger partial charge in [-0.3, -0.25) is 37.3 Å². The standard InChI is InChI=1S/C94H184O17P2/c1-9-87(8)73-65-57-49-40-34-28-22-15-11-13-17-24-30-36-42-52-60-68-76-93(98)110-89(80-104-91(96)74-66-58-50-41-35-29-23-16-12-10-14-20-26-32-38-46-54-62-70-84(2)3)82-108-112(100,101)106-78-88(95)79-107-113(102,103)109-83-90(81-105-92(97)75-67-59-51-45-44-48-56-64-72-86(6)7)111-94(99)77-69-61-53-43-37-31-25-19-18-21-27-33-39-47-55-63-71-85(4)5/h84-90,95H,9-83H2,1-8H3,(H,100,101)(H,102,103)/t87?,88-,89-,90-/m1/s1. The number of unbranched alkanes of at least 4 members (excludes halogenated alkanes) is 56. The fourth-order valence-electron chi connectivity index (χ4n) is 14.7. The third kappa shape index (κ3) is 86.3. The lowest BCUT2D eigenvalue weighted by Crippen LogP contribution is -2.30.